The van der Waals surface area contributed by atoms with E-state index in [0.717, 1.165) is 18.3 Å². The number of nitrogens with zero attached hydrogens (tertiary/aromatic N) is 1. The van der Waals surface area contributed by atoms with E-state index in [1.807, 2.05) is 0 Å². The summed E-state index contributed by atoms with van der Waals surface area (Å²) in [6, 6.07) is 11.5. The Balaban J connectivity index is 1.68. The zero-order valence-corrected chi connectivity index (χ0v) is 22.1. The van der Waals surface area contributed by atoms with Crippen molar-refractivity contribution in [2.75, 3.05) is 0 Å². The highest BCUT2D eigenvalue weighted by molar-refractivity contribution is 6.31. The van der Waals surface area contributed by atoms with Crippen LogP contribution in [0.25, 0.3) is 11.1 Å². The van der Waals surface area contributed by atoms with Gasteiger partial charge in [-0.2, -0.15) is 4.73 Å². The monoisotopic (exact) mass is 559 g/mol. The molecule has 206 valence electrons. The molecule has 1 aliphatic carbocycles. The van der Waals surface area contributed by atoms with Gasteiger partial charge in [-0.25, -0.2) is 13.2 Å². The molecule has 1 saturated carbocycles. The van der Waals surface area contributed by atoms with Crippen molar-refractivity contribution >= 4 is 23.2 Å². The van der Waals surface area contributed by atoms with Gasteiger partial charge in [0.1, 0.15) is 11.7 Å². The first-order valence-electron chi connectivity index (χ1n) is 12.8. The first-order chi connectivity index (χ1) is 18.5. The lowest BCUT2D eigenvalue weighted by atomic mass is 9.78. The molecule has 1 N–H and O–H groups in total. The van der Waals surface area contributed by atoms with Gasteiger partial charge in [-0.1, -0.05) is 41.9 Å². The van der Waals surface area contributed by atoms with Crippen LogP contribution in [0.5, 0.6) is 0 Å². The lowest BCUT2D eigenvalue weighted by Gasteiger charge is -2.28. The molecule has 0 spiro atoms. The van der Waals surface area contributed by atoms with Crippen LogP contribution in [0.1, 0.15) is 78.6 Å². The van der Waals surface area contributed by atoms with Crippen LogP contribution in [-0.2, 0) is 11.2 Å². The van der Waals surface area contributed by atoms with E-state index in [-0.39, 0.29) is 46.3 Å². The van der Waals surface area contributed by atoms with Crippen LogP contribution in [0.3, 0.4) is 0 Å². The number of hydrogen-bond donors (Lipinski definition) is 1. The van der Waals surface area contributed by atoms with Gasteiger partial charge < -0.3 is 10.3 Å². The number of hydrogen-bond acceptors (Lipinski definition) is 4. The highest BCUT2D eigenvalue weighted by Gasteiger charge is 2.33. The van der Waals surface area contributed by atoms with E-state index in [4.69, 9.17) is 11.6 Å². The van der Waals surface area contributed by atoms with Crippen LogP contribution in [-0.4, -0.2) is 22.8 Å². The van der Waals surface area contributed by atoms with Crippen molar-refractivity contribution in [1.82, 2.24) is 0 Å². The summed E-state index contributed by atoms with van der Waals surface area (Å²) in [5, 5.41) is 22.8. The quantitative estimate of drug-likeness (QED) is 0.178. The van der Waals surface area contributed by atoms with Crippen LogP contribution in [0.4, 0.5) is 13.2 Å². The third-order valence-electron chi connectivity index (χ3n) is 7.47. The van der Waals surface area contributed by atoms with E-state index in [0.29, 0.717) is 48.0 Å². The Morgan fingerprint density at radius 1 is 1.05 bits per heavy atom. The Hall–Kier alpha value is -3.23. The average Bonchev–Trinajstić information content (AvgIpc) is 2.90. The zero-order valence-electron chi connectivity index (χ0n) is 21.4. The maximum absolute atomic E-state index is 14.8. The third-order valence-corrected chi connectivity index (χ3v) is 7.76. The van der Waals surface area contributed by atoms with Crippen molar-refractivity contribution in [2.24, 2.45) is 5.92 Å². The minimum atomic E-state index is -2.99. The van der Waals surface area contributed by atoms with Crippen molar-refractivity contribution < 1.29 is 32.6 Å². The Labute approximate surface area is 229 Å². The van der Waals surface area contributed by atoms with Gasteiger partial charge in [0, 0.05) is 29.2 Å². The number of halogens is 4. The first kappa shape index (κ1) is 28.8. The van der Waals surface area contributed by atoms with Gasteiger partial charge in [-0.3, -0.25) is 9.59 Å². The molecule has 1 aliphatic rings. The summed E-state index contributed by atoms with van der Waals surface area (Å²) in [5.74, 6) is -2.05. The Kier molecular flexibility index (Phi) is 9.08. The predicted octanol–water partition coefficient (Wildman–Crippen LogP) is 6.76. The second kappa shape index (κ2) is 12.3. The summed E-state index contributed by atoms with van der Waals surface area (Å²) in [7, 11) is 0. The maximum atomic E-state index is 14.8. The minimum Gasteiger partial charge on any atom is -0.618 e. The number of pyridine rings is 1. The van der Waals surface area contributed by atoms with Crippen LogP contribution in [0.15, 0.2) is 54.7 Å². The molecule has 1 atom stereocenters. The van der Waals surface area contributed by atoms with E-state index < -0.39 is 29.3 Å². The van der Waals surface area contributed by atoms with Crippen molar-refractivity contribution in [1.29, 1.82) is 0 Å². The first-order valence-corrected chi connectivity index (χ1v) is 13.2. The van der Waals surface area contributed by atoms with E-state index in [1.54, 1.807) is 24.3 Å². The van der Waals surface area contributed by atoms with Gasteiger partial charge in [0.2, 0.25) is 5.69 Å². The van der Waals surface area contributed by atoms with E-state index >= 15 is 0 Å². The number of aliphatic hydroxyl groups excluding tert-OH is 1. The summed E-state index contributed by atoms with van der Waals surface area (Å²) in [4.78, 5) is 25.2. The molecule has 9 heteroatoms. The standard InChI is InChI=1S/C30H29ClF3NO4/c1-17(36)20-6-2-19(3-7-20)15-27(38)24(14-18-4-9-22(37)10-5-18)26-13-8-21(16-35(26)39)28-23(30(33)34)11-12-25(31)29(28)32/h2-3,6-8,11-13,16,18,22,24,30,37H,4-5,9-10,14-15H2,1H3. The smallest absolute Gasteiger partial charge is 0.264 e. The molecule has 0 amide bonds. The molecule has 0 radical (unpaired) electrons. The number of benzene rings is 2. The lowest BCUT2D eigenvalue weighted by Crippen LogP contribution is -2.37. The van der Waals surface area contributed by atoms with Gasteiger partial charge in [0.15, 0.2) is 17.8 Å². The third kappa shape index (κ3) is 6.68. The van der Waals surface area contributed by atoms with Crippen molar-refractivity contribution in [3.8, 4) is 11.1 Å². The minimum absolute atomic E-state index is 0.0262. The number of rotatable bonds is 9. The van der Waals surface area contributed by atoms with Crippen LogP contribution >= 0.6 is 11.6 Å². The number of Topliss-reactive ketones (excluding diaryl/α,β-unsaturated/α-hetero) is 2. The van der Waals surface area contributed by atoms with Crippen molar-refractivity contribution in [3.05, 3.63) is 93.2 Å². The highest BCUT2D eigenvalue weighted by atomic mass is 35.5. The topological polar surface area (TPSA) is 81.3 Å². The van der Waals surface area contributed by atoms with Gasteiger partial charge in [0.25, 0.3) is 6.43 Å². The Morgan fingerprint density at radius 3 is 2.31 bits per heavy atom. The molecule has 2 aromatic carbocycles. The van der Waals surface area contributed by atoms with Crippen LogP contribution < -0.4 is 4.73 Å². The van der Waals surface area contributed by atoms with Gasteiger partial charge in [-0.05, 0) is 62.6 Å². The molecule has 1 unspecified atom stereocenters. The van der Waals surface area contributed by atoms with Crippen LogP contribution in [0, 0.1) is 16.9 Å². The molecule has 3 aromatic rings. The zero-order chi connectivity index (χ0) is 28.3. The predicted molar refractivity (Wildman–Crippen MR) is 141 cm³/mol. The summed E-state index contributed by atoms with van der Waals surface area (Å²) < 4.78 is 42.5. The van der Waals surface area contributed by atoms with E-state index in [9.17, 15) is 33.1 Å². The van der Waals surface area contributed by atoms with Crippen LogP contribution in [0.2, 0.25) is 5.02 Å². The summed E-state index contributed by atoms with van der Waals surface area (Å²) in [6.07, 6.45) is 0.680. The number of aliphatic hydroxyl groups is 1. The molecule has 4 rings (SSSR count). The highest BCUT2D eigenvalue weighted by Crippen LogP contribution is 2.37. The molecule has 5 nitrogen and oxygen atoms in total. The van der Waals surface area contributed by atoms with Crippen molar-refractivity contribution in [2.45, 2.75) is 63.9 Å². The van der Waals surface area contributed by atoms with Crippen molar-refractivity contribution in [3.63, 3.8) is 0 Å². The Bertz CT molecular complexity index is 1360. The summed E-state index contributed by atoms with van der Waals surface area (Å²) >= 11 is 5.84. The second-order valence-corrected chi connectivity index (χ2v) is 10.6. The molecular weight excluding hydrogens is 531 g/mol. The second-order valence-electron chi connectivity index (χ2n) is 10.2. The number of alkyl halides is 2. The molecule has 0 saturated heterocycles. The number of carbonyl (C=O) groups is 2. The normalized spacial score (nSPS) is 18.2. The van der Waals surface area contributed by atoms with E-state index in [2.05, 4.69) is 0 Å². The van der Waals surface area contributed by atoms with Gasteiger partial charge in [-0.15, -0.1) is 0 Å². The lowest BCUT2D eigenvalue weighted by molar-refractivity contribution is -0.614. The fourth-order valence-corrected chi connectivity index (χ4v) is 5.42. The summed E-state index contributed by atoms with van der Waals surface area (Å²) in [5.41, 5.74) is 0.223. The molecule has 39 heavy (non-hydrogen) atoms. The fraction of sp³-hybridized carbons (Fsp3) is 0.367. The Morgan fingerprint density at radius 2 is 1.72 bits per heavy atom. The summed E-state index contributed by atoms with van der Waals surface area (Å²) in [6.45, 7) is 1.45. The fourth-order valence-electron chi connectivity index (χ4n) is 5.26. The van der Waals surface area contributed by atoms with Gasteiger partial charge in [0.05, 0.1) is 16.7 Å². The number of ketones is 2. The SMILES string of the molecule is CC(=O)c1ccc(CC(=O)C(CC2CCC(O)CC2)c2ccc(-c3c(C(F)F)ccc(Cl)c3F)c[n+]2[O-])cc1. The number of carbonyl (C=O) groups excluding carboxylic acids is 2. The largest absolute Gasteiger partial charge is 0.618 e. The molecule has 0 bridgehead atoms. The average molecular weight is 560 g/mol. The van der Waals surface area contributed by atoms with Gasteiger partial charge >= 0.3 is 0 Å². The maximum Gasteiger partial charge on any atom is 0.264 e. The number of aromatic nitrogens is 1. The molecule has 1 aromatic heterocycles. The molecule has 1 heterocycles. The molecule has 1 fully saturated rings. The van der Waals surface area contributed by atoms with E-state index in [1.165, 1.54) is 19.1 Å². The molecular formula is C30H29ClF3NO4. The molecule has 0 aliphatic heterocycles.